The minimum absolute atomic E-state index is 0.0895. The fraction of sp³-hybridized carbons (Fsp3) is 0.356. The van der Waals surface area contributed by atoms with Crippen LogP contribution in [0.3, 0.4) is 0 Å². The second kappa shape index (κ2) is 21.1. The van der Waals surface area contributed by atoms with Gasteiger partial charge in [0, 0.05) is 49.8 Å². The van der Waals surface area contributed by atoms with Gasteiger partial charge in [0.15, 0.2) is 0 Å². The minimum Gasteiger partial charge on any atom is -0.492 e. The summed E-state index contributed by atoms with van der Waals surface area (Å²) in [6, 6.07) is 20.1. The van der Waals surface area contributed by atoms with Crippen LogP contribution in [-0.2, 0) is 32.0 Å². The number of likely N-dealkylation sites (N-methyl/N-ethyl adjacent to an activating group) is 1. The van der Waals surface area contributed by atoms with Gasteiger partial charge in [-0.1, -0.05) is 61.9 Å². The van der Waals surface area contributed by atoms with Crippen molar-refractivity contribution in [2.45, 2.75) is 63.7 Å². The molecule has 0 aromatic heterocycles. The molecule has 15 nitrogen and oxygen atoms in total. The second-order valence-electron chi connectivity index (χ2n) is 14.7. The molecule has 4 bridgehead atoms. The number of hydrogen-bond acceptors (Lipinski definition) is 10. The molecule has 1 heterocycles. The van der Waals surface area contributed by atoms with Gasteiger partial charge in [0.1, 0.15) is 48.9 Å². The van der Waals surface area contributed by atoms with Gasteiger partial charge in [0.2, 0.25) is 17.7 Å². The van der Waals surface area contributed by atoms with Crippen molar-refractivity contribution >= 4 is 29.6 Å². The number of fused-ring (bicyclic) bond motifs is 5. The third kappa shape index (κ3) is 11.0. The number of amides is 4. The lowest BCUT2D eigenvalue weighted by Gasteiger charge is -2.32. The van der Waals surface area contributed by atoms with Crippen LogP contribution in [0, 0.1) is 0 Å². The van der Waals surface area contributed by atoms with E-state index in [4.69, 9.17) is 26.7 Å². The number of hydrogen-bond donors (Lipinski definition) is 7. The van der Waals surface area contributed by atoms with Crippen molar-refractivity contribution in [2.24, 2.45) is 17.2 Å². The Labute approximate surface area is 350 Å². The van der Waals surface area contributed by atoms with Gasteiger partial charge in [-0.15, -0.1) is 0 Å². The van der Waals surface area contributed by atoms with Gasteiger partial charge < -0.3 is 52.6 Å². The van der Waals surface area contributed by atoms with Gasteiger partial charge in [-0.3, -0.25) is 19.2 Å². The lowest BCUT2D eigenvalue weighted by Crippen LogP contribution is -2.56. The van der Waals surface area contributed by atoms with Crippen molar-refractivity contribution in [1.82, 2.24) is 20.9 Å². The Hall–Kier alpha value is -6.29. The molecule has 4 aromatic carbocycles. The summed E-state index contributed by atoms with van der Waals surface area (Å²) in [7, 11) is 1.40. The van der Waals surface area contributed by atoms with E-state index < -0.39 is 53.8 Å². The van der Waals surface area contributed by atoms with Crippen molar-refractivity contribution in [3.05, 3.63) is 107 Å². The highest BCUT2D eigenvalue weighted by atomic mass is 16.5. The van der Waals surface area contributed by atoms with Crippen LogP contribution in [0.2, 0.25) is 0 Å². The van der Waals surface area contributed by atoms with Crippen molar-refractivity contribution < 1.29 is 38.6 Å². The molecular formula is C45H55N7O8. The monoisotopic (exact) mass is 821 g/mol. The number of carboxylic acids is 1. The summed E-state index contributed by atoms with van der Waals surface area (Å²) in [6.45, 7) is 3.97. The molecule has 0 spiro atoms. The van der Waals surface area contributed by atoms with Crippen LogP contribution in [0.5, 0.6) is 11.5 Å². The Bertz CT molecular complexity index is 2140. The number of carbonyl (C=O) groups excluding carboxylic acids is 4. The van der Waals surface area contributed by atoms with E-state index in [2.05, 4.69) is 47.1 Å². The van der Waals surface area contributed by atoms with Gasteiger partial charge in [-0.05, 0) is 84.0 Å². The van der Waals surface area contributed by atoms with Gasteiger partial charge in [-0.25, -0.2) is 4.79 Å². The van der Waals surface area contributed by atoms with Crippen LogP contribution in [0.4, 0.5) is 0 Å². The van der Waals surface area contributed by atoms with E-state index in [-0.39, 0.29) is 39.3 Å². The Kier molecular flexibility index (Phi) is 15.8. The molecular weight excluding hydrogens is 767 g/mol. The Morgan fingerprint density at radius 3 is 2.02 bits per heavy atom. The average molecular weight is 822 g/mol. The highest BCUT2D eigenvalue weighted by Gasteiger charge is 2.36. The van der Waals surface area contributed by atoms with E-state index in [0.717, 1.165) is 35.3 Å². The van der Waals surface area contributed by atoms with Gasteiger partial charge in [0.05, 0.1) is 0 Å². The van der Waals surface area contributed by atoms with Crippen LogP contribution in [0.1, 0.15) is 59.8 Å². The van der Waals surface area contributed by atoms with Gasteiger partial charge in [0.25, 0.3) is 5.91 Å². The molecule has 15 heteroatoms. The molecule has 0 radical (unpaired) electrons. The van der Waals surface area contributed by atoms with Gasteiger partial charge >= 0.3 is 5.97 Å². The standard InChI is InChI=1S/C45H55N7O8/c1-4-5-6-28-7-10-30(11-8-28)31-12-14-32(15-13-31)42(54)51-37(26-48)44(56)52(3)40-33-16-18-39(60-22-20-47)35(25-33)34-23-29(9-17-38(34)59-21-19-46)24-36(45(57)58)50-41(53)27(2)49-43(40)55/h7-18,23,25,27,36-37,40H,4-6,19-22,24,26,46-48H2,1-3H3,(H,49,55)(H,50,53)(H,51,54)(H,57,58). The first-order chi connectivity index (χ1) is 28.9. The maximum atomic E-state index is 14.3. The number of rotatable bonds is 16. The third-order valence-corrected chi connectivity index (χ3v) is 10.3. The smallest absolute Gasteiger partial charge is 0.326 e. The number of nitrogens with zero attached hydrogens (tertiary/aromatic N) is 1. The number of nitrogens with two attached hydrogens (primary N) is 3. The topological polar surface area (TPSA) is 241 Å². The Balaban J connectivity index is 1.50. The third-order valence-electron chi connectivity index (χ3n) is 10.3. The molecule has 4 amide bonds. The number of ether oxygens (including phenoxy) is 2. The van der Waals surface area contributed by atoms with E-state index in [1.54, 1.807) is 48.5 Å². The van der Waals surface area contributed by atoms with Crippen LogP contribution in [0.25, 0.3) is 22.3 Å². The van der Waals surface area contributed by atoms with E-state index >= 15 is 0 Å². The summed E-state index contributed by atoms with van der Waals surface area (Å²) in [6.07, 6.45) is 3.16. The molecule has 1 aliphatic heterocycles. The zero-order valence-corrected chi connectivity index (χ0v) is 34.2. The van der Waals surface area contributed by atoms with E-state index in [1.807, 2.05) is 12.1 Å². The molecule has 0 saturated carbocycles. The number of nitrogens with one attached hydrogen (secondary N) is 3. The summed E-state index contributed by atoms with van der Waals surface area (Å²) >= 11 is 0. The number of carbonyl (C=O) groups is 5. The fourth-order valence-corrected chi connectivity index (χ4v) is 6.97. The quantitative estimate of drug-likeness (QED) is 0.0867. The van der Waals surface area contributed by atoms with Crippen LogP contribution < -0.4 is 42.6 Å². The van der Waals surface area contributed by atoms with E-state index in [0.29, 0.717) is 39.3 Å². The van der Waals surface area contributed by atoms with Crippen LogP contribution in [-0.4, -0.2) is 97.6 Å². The summed E-state index contributed by atoms with van der Waals surface area (Å²) in [4.78, 5) is 69.0. The first-order valence-electron chi connectivity index (χ1n) is 20.1. The normalized spacial score (nSPS) is 17.0. The fourth-order valence-electron chi connectivity index (χ4n) is 6.97. The predicted molar refractivity (Wildman–Crippen MR) is 228 cm³/mol. The number of aliphatic carboxylic acids is 1. The van der Waals surface area contributed by atoms with Crippen LogP contribution >= 0.6 is 0 Å². The molecule has 4 unspecified atom stereocenters. The zero-order chi connectivity index (χ0) is 43.3. The number of carboxylic acid groups (broad SMARTS) is 1. The molecule has 60 heavy (non-hydrogen) atoms. The maximum absolute atomic E-state index is 14.3. The Morgan fingerprint density at radius 2 is 1.43 bits per heavy atom. The molecule has 0 saturated heterocycles. The number of aryl methyl sites for hydroxylation is 1. The van der Waals surface area contributed by atoms with Crippen molar-refractivity contribution in [3.63, 3.8) is 0 Å². The van der Waals surface area contributed by atoms with Crippen LogP contribution in [0.15, 0.2) is 84.9 Å². The summed E-state index contributed by atoms with van der Waals surface area (Å²) < 4.78 is 12.0. The first kappa shape index (κ1) is 44.8. The van der Waals surface area contributed by atoms with Gasteiger partial charge in [-0.2, -0.15) is 0 Å². The molecule has 1 aliphatic rings. The molecule has 10 N–H and O–H groups in total. The van der Waals surface area contributed by atoms with E-state index in [9.17, 15) is 29.1 Å². The minimum atomic E-state index is -1.39. The summed E-state index contributed by atoms with van der Waals surface area (Å²) in [5.41, 5.74) is 23.0. The SMILES string of the molecule is CCCCc1ccc(-c2ccc(C(=O)NC(CN)C(=O)N(C)C3C(=O)NC(C)C(=O)NC(C(=O)O)Cc4ccc(OCCN)c(c4)-c4cc3ccc4OCCN)cc2)cc1. The summed E-state index contributed by atoms with van der Waals surface area (Å²) in [5, 5.41) is 18.0. The van der Waals surface area contributed by atoms with Crippen molar-refractivity contribution in [1.29, 1.82) is 0 Å². The largest absolute Gasteiger partial charge is 0.492 e. The van der Waals surface area contributed by atoms with E-state index in [1.165, 1.54) is 19.5 Å². The molecule has 0 fully saturated rings. The molecule has 0 aliphatic carbocycles. The molecule has 4 aromatic rings. The first-order valence-corrected chi connectivity index (χ1v) is 20.1. The number of unbranched alkanes of at least 4 members (excludes halogenated alkanes) is 1. The lowest BCUT2D eigenvalue weighted by molar-refractivity contribution is -0.143. The van der Waals surface area contributed by atoms with Crippen molar-refractivity contribution in [3.8, 4) is 33.8 Å². The lowest BCUT2D eigenvalue weighted by atomic mass is 9.93. The second-order valence-corrected chi connectivity index (χ2v) is 14.7. The number of benzene rings is 4. The Morgan fingerprint density at radius 1 is 0.833 bits per heavy atom. The summed E-state index contributed by atoms with van der Waals surface area (Å²) in [5.74, 6) is -3.27. The molecule has 318 valence electrons. The molecule has 5 rings (SSSR count). The predicted octanol–water partition coefficient (Wildman–Crippen LogP) is 2.93. The molecule has 4 atom stereocenters. The highest BCUT2D eigenvalue weighted by molar-refractivity contribution is 5.99. The maximum Gasteiger partial charge on any atom is 0.326 e. The zero-order valence-electron chi connectivity index (χ0n) is 34.2. The van der Waals surface area contributed by atoms with Crippen molar-refractivity contribution in [2.75, 3.05) is 39.9 Å². The highest BCUT2D eigenvalue weighted by Crippen LogP contribution is 2.40. The average Bonchev–Trinajstić information content (AvgIpc) is 3.25.